The average molecular weight is 274 g/mol. The fraction of sp³-hybridized carbons (Fsp3) is 0.538. The lowest BCUT2D eigenvalue weighted by atomic mass is 9.92. The van der Waals surface area contributed by atoms with Crippen molar-refractivity contribution in [1.29, 1.82) is 0 Å². The molecule has 0 saturated carbocycles. The molecule has 1 heterocycles. The van der Waals surface area contributed by atoms with Gasteiger partial charge >= 0.3 is 0 Å². The fourth-order valence-corrected chi connectivity index (χ4v) is 3.90. The summed E-state index contributed by atoms with van der Waals surface area (Å²) in [6, 6.07) is 3.26. The number of hydrogen-bond donors (Lipinski definition) is 1. The van der Waals surface area contributed by atoms with Crippen LogP contribution in [0, 0.1) is 11.7 Å². The first-order valence-corrected chi connectivity index (χ1v) is 7.45. The van der Waals surface area contributed by atoms with E-state index >= 15 is 0 Å². The Bertz CT molecular complexity index is 411. The summed E-state index contributed by atoms with van der Waals surface area (Å²) >= 11 is 8.02. The molecule has 94 valence electrons. The van der Waals surface area contributed by atoms with Gasteiger partial charge in [0.25, 0.3) is 0 Å². The molecule has 1 aliphatic rings. The molecule has 0 aromatic heterocycles. The average Bonchev–Trinajstić information content (AvgIpc) is 2.41. The minimum absolute atomic E-state index is 0.207. The van der Waals surface area contributed by atoms with Crippen molar-refractivity contribution in [2.24, 2.45) is 5.92 Å². The molecule has 0 aliphatic carbocycles. The molecule has 1 aromatic carbocycles. The number of halogens is 2. The first kappa shape index (κ1) is 13.2. The second-order valence-electron chi connectivity index (χ2n) is 4.48. The number of hydrogen-bond acceptors (Lipinski definition) is 2. The van der Waals surface area contributed by atoms with Crippen LogP contribution in [0.25, 0.3) is 0 Å². The van der Waals surface area contributed by atoms with Crippen LogP contribution in [-0.4, -0.2) is 12.3 Å². The molecule has 1 aliphatic heterocycles. The number of nitrogens with one attached hydrogen (secondary N) is 1. The van der Waals surface area contributed by atoms with Gasteiger partial charge in [-0.2, -0.15) is 11.8 Å². The largest absolute Gasteiger partial charge is 0.310 e. The third-order valence-electron chi connectivity index (χ3n) is 3.15. The summed E-state index contributed by atoms with van der Waals surface area (Å²) in [6.07, 6.45) is 0. The molecule has 2 rings (SSSR count). The lowest BCUT2D eigenvalue weighted by Crippen LogP contribution is -2.28. The van der Waals surface area contributed by atoms with Gasteiger partial charge in [0.1, 0.15) is 5.82 Å². The molecule has 0 bridgehead atoms. The molecular formula is C13H17ClFNS. The van der Waals surface area contributed by atoms with Gasteiger partial charge in [-0.05, 0) is 41.5 Å². The summed E-state index contributed by atoms with van der Waals surface area (Å²) in [4.78, 5) is 0. The van der Waals surface area contributed by atoms with E-state index in [0.29, 0.717) is 10.9 Å². The van der Waals surface area contributed by atoms with E-state index in [4.69, 9.17) is 11.6 Å². The lowest BCUT2D eigenvalue weighted by molar-refractivity contribution is 0.426. The summed E-state index contributed by atoms with van der Waals surface area (Å²) in [5, 5.41) is 4.01. The normalized spacial score (nSPS) is 24.2. The summed E-state index contributed by atoms with van der Waals surface area (Å²) in [6.45, 7) is 5.16. The molecule has 1 aromatic rings. The van der Waals surface area contributed by atoms with Crippen molar-refractivity contribution in [2.75, 3.05) is 12.3 Å². The second kappa shape index (κ2) is 5.59. The van der Waals surface area contributed by atoms with Crippen molar-refractivity contribution in [3.05, 3.63) is 34.1 Å². The summed E-state index contributed by atoms with van der Waals surface area (Å²) in [5.74, 6) is 2.19. The van der Waals surface area contributed by atoms with Gasteiger partial charge in [-0.15, -0.1) is 0 Å². The fourth-order valence-electron chi connectivity index (χ4n) is 2.33. The van der Waals surface area contributed by atoms with E-state index in [-0.39, 0.29) is 11.9 Å². The minimum atomic E-state index is -0.240. The second-order valence-corrected chi connectivity index (χ2v) is 5.92. The molecule has 2 unspecified atom stereocenters. The number of benzene rings is 1. The predicted octanol–water partition coefficient (Wildman–Crippen LogP) is 4.01. The van der Waals surface area contributed by atoms with Crippen molar-refractivity contribution >= 4 is 23.4 Å². The zero-order valence-corrected chi connectivity index (χ0v) is 11.7. The highest BCUT2D eigenvalue weighted by Crippen LogP contribution is 2.38. The smallest absolute Gasteiger partial charge is 0.125 e. The zero-order chi connectivity index (χ0) is 12.4. The van der Waals surface area contributed by atoms with E-state index < -0.39 is 0 Å². The monoisotopic (exact) mass is 273 g/mol. The van der Waals surface area contributed by atoms with Crippen molar-refractivity contribution in [2.45, 2.75) is 25.6 Å². The van der Waals surface area contributed by atoms with Crippen molar-refractivity contribution in [3.8, 4) is 0 Å². The van der Waals surface area contributed by atoms with Gasteiger partial charge in [0.15, 0.2) is 0 Å². The third-order valence-corrected chi connectivity index (χ3v) is 4.74. The van der Waals surface area contributed by atoms with Crippen LogP contribution in [0.15, 0.2) is 12.1 Å². The van der Waals surface area contributed by atoms with Crippen LogP contribution in [0.2, 0.25) is 5.02 Å². The van der Waals surface area contributed by atoms with Crippen LogP contribution in [0.4, 0.5) is 4.39 Å². The van der Waals surface area contributed by atoms with Gasteiger partial charge in [0.2, 0.25) is 0 Å². The van der Waals surface area contributed by atoms with Crippen molar-refractivity contribution < 1.29 is 4.39 Å². The van der Waals surface area contributed by atoms with Gasteiger partial charge in [0, 0.05) is 16.8 Å². The van der Waals surface area contributed by atoms with Crippen LogP contribution in [0.3, 0.4) is 0 Å². The van der Waals surface area contributed by atoms with E-state index in [1.807, 2.05) is 11.8 Å². The number of rotatable bonds is 2. The highest BCUT2D eigenvalue weighted by Gasteiger charge is 2.26. The zero-order valence-electron chi connectivity index (χ0n) is 10.1. The number of fused-ring (bicyclic) bond motifs is 1. The molecule has 0 radical (unpaired) electrons. The highest BCUT2D eigenvalue weighted by atomic mass is 35.5. The number of thioether (sulfide) groups is 1. The summed E-state index contributed by atoms with van der Waals surface area (Å²) in [7, 11) is 0. The predicted molar refractivity (Wildman–Crippen MR) is 73.2 cm³/mol. The summed E-state index contributed by atoms with van der Waals surface area (Å²) < 4.78 is 13.5. The van der Waals surface area contributed by atoms with Gasteiger partial charge < -0.3 is 5.32 Å². The SMILES string of the molecule is CCNC1c2cc(F)cc(Cl)c2CSCC1C. The quantitative estimate of drug-likeness (QED) is 0.874. The van der Waals surface area contributed by atoms with Gasteiger partial charge in [-0.1, -0.05) is 25.4 Å². The Balaban J connectivity index is 2.48. The molecule has 17 heavy (non-hydrogen) atoms. The first-order valence-electron chi connectivity index (χ1n) is 5.92. The Kier molecular flexibility index (Phi) is 4.34. The summed E-state index contributed by atoms with van der Waals surface area (Å²) in [5.41, 5.74) is 2.13. The minimum Gasteiger partial charge on any atom is -0.310 e. The Labute approximate surface area is 111 Å². The highest BCUT2D eigenvalue weighted by molar-refractivity contribution is 7.98. The van der Waals surface area contributed by atoms with Crippen LogP contribution in [-0.2, 0) is 5.75 Å². The molecule has 1 N–H and O–H groups in total. The van der Waals surface area contributed by atoms with E-state index in [0.717, 1.165) is 29.2 Å². The Hall–Kier alpha value is -0.250. The molecule has 0 amide bonds. The molecule has 1 nitrogen and oxygen atoms in total. The molecule has 0 spiro atoms. The van der Waals surface area contributed by atoms with Gasteiger partial charge in [-0.3, -0.25) is 0 Å². The topological polar surface area (TPSA) is 12.0 Å². The maximum Gasteiger partial charge on any atom is 0.125 e. The van der Waals surface area contributed by atoms with Crippen LogP contribution < -0.4 is 5.32 Å². The molecule has 4 heteroatoms. The van der Waals surface area contributed by atoms with Gasteiger partial charge in [-0.25, -0.2) is 4.39 Å². The Morgan fingerprint density at radius 2 is 2.29 bits per heavy atom. The van der Waals surface area contributed by atoms with E-state index in [2.05, 4.69) is 19.2 Å². The van der Waals surface area contributed by atoms with Gasteiger partial charge in [0.05, 0.1) is 0 Å². The molecule has 0 fully saturated rings. The molecule has 2 atom stereocenters. The maximum absolute atomic E-state index is 13.5. The van der Waals surface area contributed by atoms with E-state index in [1.165, 1.54) is 6.07 Å². The molecular weight excluding hydrogens is 257 g/mol. The standard InChI is InChI=1S/C13H17ClFNS/c1-3-16-13-8(2)6-17-7-11-10(13)4-9(15)5-12(11)14/h4-5,8,13,16H,3,6-7H2,1-2H3. The maximum atomic E-state index is 13.5. The Morgan fingerprint density at radius 3 is 3.00 bits per heavy atom. The van der Waals surface area contributed by atoms with Crippen LogP contribution in [0.5, 0.6) is 0 Å². The van der Waals surface area contributed by atoms with E-state index in [1.54, 1.807) is 6.07 Å². The first-order chi connectivity index (χ1) is 8.13. The lowest BCUT2D eigenvalue weighted by Gasteiger charge is -2.24. The van der Waals surface area contributed by atoms with Crippen LogP contribution >= 0.6 is 23.4 Å². The third kappa shape index (κ3) is 2.78. The van der Waals surface area contributed by atoms with Crippen LogP contribution in [0.1, 0.15) is 31.0 Å². The van der Waals surface area contributed by atoms with Crippen molar-refractivity contribution in [1.82, 2.24) is 5.32 Å². The van der Waals surface area contributed by atoms with Crippen molar-refractivity contribution in [3.63, 3.8) is 0 Å². The van der Waals surface area contributed by atoms with E-state index in [9.17, 15) is 4.39 Å². The Morgan fingerprint density at radius 1 is 1.53 bits per heavy atom. The molecule has 0 saturated heterocycles.